The first-order valence-electron chi connectivity index (χ1n) is 5.98. The maximum absolute atomic E-state index is 5.65. The summed E-state index contributed by atoms with van der Waals surface area (Å²) in [7, 11) is 0. The van der Waals surface area contributed by atoms with Gasteiger partial charge < -0.3 is 10.5 Å². The van der Waals surface area contributed by atoms with Crippen LogP contribution >= 0.6 is 11.3 Å². The molecule has 0 bridgehead atoms. The average Bonchev–Trinajstić information content (AvgIpc) is 3.11. The molecule has 102 valence electrons. The van der Waals surface area contributed by atoms with Gasteiger partial charge in [0.1, 0.15) is 0 Å². The van der Waals surface area contributed by atoms with Gasteiger partial charge in [0.05, 0.1) is 6.61 Å². The minimum atomic E-state index is 0.108. The van der Waals surface area contributed by atoms with Gasteiger partial charge in [0.2, 0.25) is 5.95 Å². The van der Waals surface area contributed by atoms with Crippen LogP contribution in [0.3, 0.4) is 0 Å². The molecular formula is C12H12N6OS. The van der Waals surface area contributed by atoms with E-state index in [1.54, 1.807) is 29.8 Å². The van der Waals surface area contributed by atoms with Crippen LogP contribution < -0.4 is 10.5 Å². The second-order valence-electron chi connectivity index (χ2n) is 3.90. The van der Waals surface area contributed by atoms with Crippen LogP contribution in [0.15, 0.2) is 36.0 Å². The third-order valence-electron chi connectivity index (χ3n) is 2.49. The van der Waals surface area contributed by atoms with E-state index in [-0.39, 0.29) is 12.0 Å². The number of nitrogens with zero attached hydrogens (tertiary/aromatic N) is 5. The smallest absolute Gasteiger partial charge is 0.323 e. The summed E-state index contributed by atoms with van der Waals surface area (Å²) in [5.74, 6) is 0.449. The number of thiophene rings is 1. The molecule has 3 aromatic rings. The molecule has 3 rings (SSSR count). The first-order valence-corrected chi connectivity index (χ1v) is 6.86. The van der Waals surface area contributed by atoms with Gasteiger partial charge in [-0.1, -0.05) is 6.07 Å². The van der Waals surface area contributed by atoms with E-state index in [1.165, 1.54) is 9.56 Å². The Kier molecular flexibility index (Phi) is 3.55. The van der Waals surface area contributed by atoms with Crippen molar-refractivity contribution >= 4 is 17.3 Å². The zero-order valence-electron chi connectivity index (χ0n) is 10.5. The SMILES string of the molecule is Nc1nc(OCCc2cccs2)nc(-n2cccn2)n1. The highest BCUT2D eigenvalue weighted by molar-refractivity contribution is 7.09. The van der Waals surface area contributed by atoms with Crippen LogP contribution in [-0.2, 0) is 6.42 Å². The molecule has 8 heteroatoms. The Morgan fingerprint density at radius 3 is 2.95 bits per heavy atom. The van der Waals surface area contributed by atoms with Crippen LogP contribution in [0.25, 0.3) is 5.95 Å². The van der Waals surface area contributed by atoms with Crippen molar-refractivity contribution in [2.24, 2.45) is 0 Å². The van der Waals surface area contributed by atoms with Gasteiger partial charge in [0.15, 0.2) is 0 Å². The van der Waals surface area contributed by atoms with Gasteiger partial charge in [-0.25, -0.2) is 4.68 Å². The second kappa shape index (κ2) is 5.66. The van der Waals surface area contributed by atoms with Crippen LogP contribution in [-0.4, -0.2) is 31.3 Å². The highest BCUT2D eigenvalue weighted by Gasteiger charge is 2.07. The molecule has 7 nitrogen and oxygen atoms in total. The Labute approximate surface area is 119 Å². The monoisotopic (exact) mass is 288 g/mol. The van der Waals surface area contributed by atoms with Gasteiger partial charge in [-0.3, -0.25) is 0 Å². The molecule has 0 aliphatic rings. The summed E-state index contributed by atoms with van der Waals surface area (Å²) in [4.78, 5) is 13.4. The van der Waals surface area contributed by atoms with Gasteiger partial charge >= 0.3 is 6.01 Å². The summed E-state index contributed by atoms with van der Waals surface area (Å²) >= 11 is 1.69. The van der Waals surface area contributed by atoms with Crippen molar-refractivity contribution < 1.29 is 4.74 Å². The first-order chi connectivity index (χ1) is 9.81. The summed E-state index contributed by atoms with van der Waals surface area (Å²) in [5, 5.41) is 6.08. The van der Waals surface area contributed by atoms with E-state index in [1.807, 2.05) is 11.4 Å². The number of nitrogen functional groups attached to an aromatic ring is 1. The number of anilines is 1. The topological polar surface area (TPSA) is 91.7 Å². The van der Waals surface area contributed by atoms with Crippen molar-refractivity contribution in [3.63, 3.8) is 0 Å². The summed E-state index contributed by atoms with van der Waals surface area (Å²) in [6.45, 7) is 0.489. The largest absolute Gasteiger partial charge is 0.463 e. The maximum Gasteiger partial charge on any atom is 0.323 e. The molecule has 0 saturated carbocycles. The van der Waals surface area contributed by atoms with Gasteiger partial charge in [-0.2, -0.15) is 20.1 Å². The molecule has 3 aromatic heterocycles. The fraction of sp³-hybridized carbons (Fsp3) is 0.167. The minimum Gasteiger partial charge on any atom is -0.463 e. The molecule has 2 N–H and O–H groups in total. The maximum atomic E-state index is 5.65. The van der Waals surface area contributed by atoms with Crippen molar-refractivity contribution in [3.8, 4) is 12.0 Å². The predicted octanol–water partition coefficient (Wildman–Crippen LogP) is 1.32. The molecule has 0 fully saturated rings. The highest BCUT2D eigenvalue weighted by Crippen LogP contribution is 2.11. The van der Waals surface area contributed by atoms with Crippen LogP contribution in [0.2, 0.25) is 0 Å². The fourth-order valence-electron chi connectivity index (χ4n) is 1.61. The second-order valence-corrected chi connectivity index (χ2v) is 4.94. The number of hydrogen-bond acceptors (Lipinski definition) is 7. The quantitative estimate of drug-likeness (QED) is 0.761. The molecule has 0 aliphatic carbocycles. The Hall–Kier alpha value is -2.48. The lowest BCUT2D eigenvalue weighted by molar-refractivity contribution is 0.296. The van der Waals surface area contributed by atoms with E-state index in [0.717, 1.165) is 6.42 Å². The van der Waals surface area contributed by atoms with E-state index in [4.69, 9.17) is 10.5 Å². The molecule has 0 aliphatic heterocycles. The highest BCUT2D eigenvalue weighted by atomic mass is 32.1. The van der Waals surface area contributed by atoms with E-state index < -0.39 is 0 Å². The molecule has 0 radical (unpaired) electrons. The predicted molar refractivity (Wildman–Crippen MR) is 74.9 cm³/mol. The molecule has 0 amide bonds. The van der Waals surface area contributed by atoms with Gasteiger partial charge in [-0.05, 0) is 17.5 Å². The standard InChI is InChI=1S/C12H12N6OS/c13-10-15-11(18-6-2-5-14-18)17-12(16-10)19-7-4-9-3-1-8-20-9/h1-3,5-6,8H,4,7H2,(H2,13,15,16,17). The van der Waals surface area contributed by atoms with Crippen molar-refractivity contribution in [2.75, 3.05) is 12.3 Å². The Bertz CT molecular complexity index is 667. The number of ether oxygens (including phenoxy) is 1. The lowest BCUT2D eigenvalue weighted by Gasteiger charge is -2.06. The van der Waals surface area contributed by atoms with Crippen molar-refractivity contribution in [1.82, 2.24) is 24.7 Å². The molecular weight excluding hydrogens is 276 g/mol. The zero-order chi connectivity index (χ0) is 13.8. The summed E-state index contributed by atoms with van der Waals surface area (Å²) in [6.07, 6.45) is 4.17. The average molecular weight is 288 g/mol. The molecule has 0 spiro atoms. The van der Waals surface area contributed by atoms with E-state index in [0.29, 0.717) is 12.6 Å². The Balaban J connectivity index is 1.70. The van der Waals surface area contributed by atoms with Crippen LogP contribution in [0.1, 0.15) is 4.88 Å². The zero-order valence-corrected chi connectivity index (χ0v) is 11.3. The van der Waals surface area contributed by atoms with Crippen LogP contribution in [0.4, 0.5) is 5.95 Å². The number of nitrogens with two attached hydrogens (primary N) is 1. The van der Waals surface area contributed by atoms with Crippen molar-refractivity contribution in [2.45, 2.75) is 6.42 Å². The van der Waals surface area contributed by atoms with E-state index in [9.17, 15) is 0 Å². The minimum absolute atomic E-state index is 0.108. The van der Waals surface area contributed by atoms with Gasteiger partial charge in [0, 0.05) is 23.7 Å². The summed E-state index contributed by atoms with van der Waals surface area (Å²) in [6, 6.07) is 6.05. The van der Waals surface area contributed by atoms with Crippen LogP contribution in [0.5, 0.6) is 6.01 Å². The lowest BCUT2D eigenvalue weighted by Crippen LogP contribution is -2.10. The third kappa shape index (κ3) is 2.91. The molecule has 0 aromatic carbocycles. The lowest BCUT2D eigenvalue weighted by atomic mass is 10.4. The van der Waals surface area contributed by atoms with Crippen molar-refractivity contribution in [1.29, 1.82) is 0 Å². The third-order valence-corrected chi connectivity index (χ3v) is 3.43. The Morgan fingerprint density at radius 2 is 2.20 bits per heavy atom. The molecule has 0 unspecified atom stereocenters. The van der Waals surface area contributed by atoms with E-state index >= 15 is 0 Å². The fourth-order valence-corrected chi connectivity index (χ4v) is 2.30. The van der Waals surface area contributed by atoms with E-state index in [2.05, 4.69) is 26.1 Å². The first kappa shape index (κ1) is 12.5. The molecule has 0 saturated heterocycles. The number of hydrogen-bond donors (Lipinski definition) is 1. The summed E-state index contributed by atoms with van der Waals surface area (Å²) in [5.41, 5.74) is 5.65. The Morgan fingerprint density at radius 1 is 1.25 bits per heavy atom. The summed E-state index contributed by atoms with van der Waals surface area (Å²) < 4.78 is 7.03. The molecule has 20 heavy (non-hydrogen) atoms. The van der Waals surface area contributed by atoms with Gasteiger partial charge in [-0.15, -0.1) is 11.3 Å². The van der Waals surface area contributed by atoms with Crippen molar-refractivity contribution in [3.05, 3.63) is 40.8 Å². The number of aromatic nitrogens is 5. The number of rotatable bonds is 5. The van der Waals surface area contributed by atoms with Gasteiger partial charge in [0.25, 0.3) is 5.95 Å². The van der Waals surface area contributed by atoms with Crippen LogP contribution in [0, 0.1) is 0 Å². The normalized spacial score (nSPS) is 10.6. The molecule has 3 heterocycles. The molecule has 0 atom stereocenters.